The van der Waals surface area contributed by atoms with Crippen molar-refractivity contribution >= 4 is 22.4 Å². The van der Waals surface area contributed by atoms with Crippen LogP contribution >= 0.6 is 0 Å². The van der Waals surface area contributed by atoms with E-state index in [4.69, 9.17) is 0 Å². The van der Waals surface area contributed by atoms with Crippen molar-refractivity contribution in [2.24, 2.45) is 0 Å². The molecule has 0 spiro atoms. The van der Waals surface area contributed by atoms with Crippen molar-refractivity contribution in [2.45, 2.75) is 6.92 Å². The van der Waals surface area contributed by atoms with E-state index in [-0.39, 0.29) is 5.91 Å². The zero-order valence-corrected chi connectivity index (χ0v) is 13.7. The number of carbonyl (C=O) groups is 1. The minimum atomic E-state index is -0.269. The molecule has 0 aliphatic rings. The Labute approximate surface area is 144 Å². The number of aromatic nitrogens is 3. The van der Waals surface area contributed by atoms with Crippen molar-refractivity contribution in [3.8, 4) is 5.69 Å². The van der Waals surface area contributed by atoms with Crippen molar-refractivity contribution in [2.75, 3.05) is 5.32 Å². The van der Waals surface area contributed by atoms with E-state index < -0.39 is 0 Å². The summed E-state index contributed by atoms with van der Waals surface area (Å²) in [7, 11) is 0. The Kier molecular flexibility index (Phi) is 3.74. The van der Waals surface area contributed by atoms with E-state index in [1.54, 1.807) is 4.68 Å². The lowest BCUT2D eigenvalue weighted by molar-refractivity contribution is 0.102. The Balaban J connectivity index is 1.61. The highest BCUT2D eigenvalue weighted by Gasteiger charge is 2.17. The molecule has 1 aromatic heterocycles. The number of nitrogens with zero attached hydrogens (tertiary/aromatic N) is 3. The van der Waals surface area contributed by atoms with Gasteiger partial charge >= 0.3 is 0 Å². The first-order valence-electron chi connectivity index (χ1n) is 8.00. The molecule has 0 saturated carbocycles. The summed E-state index contributed by atoms with van der Waals surface area (Å²) in [4.78, 5) is 12.6. The van der Waals surface area contributed by atoms with Gasteiger partial charge in [0.15, 0.2) is 5.69 Å². The SMILES string of the molecule is Cc1c(C(=O)Nc2ccc3ccccc3c2)nnn1-c1ccccc1. The van der Waals surface area contributed by atoms with Crippen LogP contribution in [0, 0.1) is 6.92 Å². The van der Waals surface area contributed by atoms with Gasteiger partial charge in [-0.2, -0.15) is 0 Å². The van der Waals surface area contributed by atoms with Gasteiger partial charge in [-0.15, -0.1) is 5.10 Å². The predicted octanol–water partition coefficient (Wildman–Crippen LogP) is 3.98. The summed E-state index contributed by atoms with van der Waals surface area (Å²) in [6.07, 6.45) is 0. The number of anilines is 1. The van der Waals surface area contributed by atoms with E-state index in [1.165, 1.54) is 0 Å². The third-order valence-corrected chi connectivity index (χ3v) is 4.12. The first-order chi connectivity index (χ1) is 12.2. The van der Waals surface area contributed by atoms with Crippen LogP contribution in [0.3, 0.4) is 0 Å². The zero-order chi connectivity index (χ0) is 17.2. The quantitative estimate of drug-likeness (QED) is 0.619. The van der Waals surface area contributed by atoms with Gasteiger partial charge in [0.25, 0.3) is 5.91 Å². The molecule has 25 heavy (non-hydrogen) atoms. The van der Waals surface area contributed by atoms with Gasteiger partial charge in [0.1, 0.15) is 0 Å². The largest absolute Gasteiger partial charge is 0.321 e. The average Bonchev–Trinajstić information content (AvgIpc) is 3.04. The fraction of sp³-hybridized carbons (Fsp3) is 0.0500. The molecule has 1 amide bonds. The molecule has 0 saturated heterocycles. The summed E-state index contributed by atoms with van der Waals surface area (Å²) < 4.78 is 1.66. The lowest BCUT2D eigenvalue weighted by Gasteiger charge is -2.06. The number of carbonyl (C=O) groups excluding carboxylic acids is 1. The Hall–Kier alpha value is -3.47. The monoisotopic (exact) mass is 328 g/mol. The molecule has 3 aromatic carbocycles. The number of nitrogens with one attached hydrogen (secondary N) is 1. The van der Waals surface area contributed by atoms with Crippen LogP contribution in [0.15, 0.2) is 72.8 Å². The van der Waals surface area contributed by atoms with Crippen LogP contribution in [0.2, 0.25) is 0 Å². The Morgan fingerprint density at radius 2 is 1.64 bits per heavy atom. The van der Waals surface area contributed by atoms with Crippen LogP contribution in [0.25, 0.3) is 16.5 Å². The zero-order valence-electron chi connectivity index (χ0n) is 13.7. The number of amides is 1. The second-order valence-corrected chi connectivity index (χ2v) is 5.79. The second-order valence-electron chi connectivity index (χ2n) is 5.79. The van der Waals surface area contributed by atoms with Crippen molar-refractivity contribution in [3.63, 3.8) is 0 Å². The van der Waals surface area contributed by atoms with Gasteiger partial charge in [-0.3, -0.25) is 4.79 Å². The molecule has 4 aromatic rings. The smallest absolute Gasteiger partial charge is 0.278 e. The highest BCUT2D eigenvalue weighted by Crippen LogP contribution is 2.20. The number of fused-ring (bicyclic) bond motifs is 1. The fourth-order valence-electron chi connectivity index (χ4n) is 2.81. The van der Waals surface area contributed by atoms with Gasteiger partial charge in [-0.1, -0.05) is 53.7 Å². The maximum absolute atomic E-state index is 12.6. The lowest BCUT2D eigenvalue weighted by Crippen LogP contribution is -2.14. The maximum Gasteiger partial charge on any atom is 0.278 e. The number of hydrogen-bond donors (Lipinski definition) is 1. The standard InChI is InChI=1S/C20H16N4O/c1-14-19(22-23-24(14)18-9-3-2-4-10-18)20(25)21-17-12-11-15-7-5-6-8-16(15)13-17/h2-13H,1H3,(H,21,25). The van der Waals surface area contributed by atoms with Crippen molar-refractivity contribution in [3.05, 3.63) is 84.2 Å². The number of benzene rings is 3. The van der Waals surface area contributed by atoms with Crippen LogP contribution < -0.4 is 5.32 Å². The summed E-state index contributed by atoms with van der Waals surface area (Å²) in [5.41, 5.74) is 2.62. The van der Waals surface area contributed by atoms with Gasteiger partial charge in [0, 0.05) is 5.69 Å². The normalized spacial score (nSPS) is 10.8. The molecule has 1 heterocycles. The summed E-state index contributed by atoms with van der Waals surface area (Å²) in [5, 5.41) is 13.3. The van der Waals surface area contributed by atoms with Crippen molar-refractivity contribution in [1.29, 1.82) is 0 Å². The van der Waals surface area contributed by atoms with Crippen molar-refractivity contribution in [1.82, 2.24) is 15.0 Å². The molecule has 4 rings (SSSR count). The lowest BCUT2D eigenvalue weighted by atomic mass is 10.1. The van der Waals surface area contributed by atoms with E-state index in [9.17, 15) is 4.79 Å². The van der Waals surface area contributed by atoms with E-state index >= 15 is 0 Å². The molecule has 5 nitrogen and oxygen atoms in total. The molecule has 122 valence electrons. The second kappa shape index (κ2) is 6.20. The van der Waals surface area contributed by atoms with E-state index in [0.717, 1.165) is 22.1 Å². The maximum atomic E-state index is 12.6. The van der Waals surface area contributed by atoms with E-state index in [2.05, 4.69) is 15.6 Å². The van der Waals surface area contributed by atoms with Gasteiger partial charge in [0.2, 0.25) is 0 Å². The first kappa shape index (κ1) is 15.1. The Morgan fingerprint density at radius 3 is 2.44 bits per heavy atom. The molecule has 0 aliphatic heterocycles. The Bertz CT molecular complexity index is 1050. The first-order valence-corrected chi connectivity index (χ1v) is 8.00. The summed E-state index contributed by atoms with van der Waals surface area (Å²) >= 11 is 0. The third-order valence-electron chi connectivity index (χ3n) is 4.12. The molecular formula is C20H16N4O. The predicted molar refractivity (Wildman–Crippen MR) is 98.0 cm³/mol. The van der Waals surface area contributed by atoms with Gasteiger partial charge in [0.05, 0.1) is 11.4 Å². The molecule has 0 unspecified atom stereocenters. The Morgan fingerprint density at radius 1 is 0.920 bits per heavy atom. The van der Waals surface area contributed by atoms with Crippen LogP contribution in [0.1, 0.15) is 16.2 Å². The fourth-order valence-corrected chi connectivity index (χ4v) is 2.81. The highest BCUT2D eigenvalue weighted by molar-refractivity contribution is 6.04. The van der Waals surface area contributed by atoms with E-state index in [1.807, 2.05) is 79.7 Å². The number of para-hydroxylation sites is 1. The molecule has 0 aliphatic carbocycles. The van der Waals surface area contributed by atoms with Crippen molar-refractivity contribution < 1.29 is 4.79 Å². The van der Waals surface area contributed by atoms with Crippen LogP contribution in [0.4, 0.5) is 5.69 Å². The van der Waals surface area contributed by atoms with Gasteiger partial charge < -0.3 is 5.32 Å². The molecule has 0 radical (unpaired) electrons. The molecule has 0 atom stereocenters. The van der Waals surface area contributed by atoms with Gasteiger partial charge in [-0.05, 0) is 42.0 Å². The summed E-state index contributed by atoms with van der Waals surface area (Å²) in [5.74, 6) is -0.269. The highest BCUT2D eigenvalue weighted by atomic mass is 16.2. The van der Waals surface area contributed by atoms with Crippen LogP contribution in [0.5, 0.6) is 0 Å². The van der Waals surface area contributed by atoms with Gasteiger partial charge in [-0.25, -0.2) is 4.68 Å². The minimum absolute atomic E-state index is 0.269. The third kappa shape index (κ3) is 2.87. The summed E-state index contributed by atoms with van der Waals surface area (Å²) in [6, 6.07) is 23.5. The van der Waals surface area contributed by atoms with E-state index in [0.29, 0.717) is 11.4 Å². The molecular weight excluding hydrogens is 312 g/mol. The number of rotatable bonds is 3. The molecule has 1 N–H and O–H groups in total. The molecule has 5 heteroatoms. The topological polar surface area (TPSA) is 59.8 Å². The molecule has 0 bridgehead atoms. The minimum Gasteiger partial charge on any atom is -0.321 e. The van der Waals surface area contributed by atoms with Crippen LogP contribution in [-0.4, -0.2) is 20.9 Å². The van der Waals surface area contributed by atoms with Crippen LogP contribution in [-0.2, 0) is 0 Å². The summed E-state index contributed by atoms with van der Waals surface area (Å²) in [6.45, 7) is 1.84. The average molecular weight is 328 g/mol. The number of hydrogen-bond acceptors (Lipinski definition) is 3. The molecule has 0 fully saturated rings.